The summed E-state index contributed by atoms with van der Waals surface area (Å²) in [6.45, 7) is 0.351. The lowest BCUT2D eigenvalue weighted by Gasteiger charge is -2.29. The number of anilines is 1. The summed E-state index contributed by atoms with van der Waals surface area (Å²) >= 11 is 0. The van der Waals surface area contributed by atoms with Crippen LogP contribution in [0.4, 0.5) is 5.69 Å². The Balaban J connectivity index is 2.08. The van der Waals surface area contributed by atoms with Crippen LogP contribution in [0.1, 0.15) is 12.8 Å². The lowest BCUT2D eigenvalue weighted by molar-refractivity contribution is -0.142. The van der Waals surface area contributed by atoms with Gasteiger partial charge in [0.2, 0.25) is 5.88 Å². The van der Waals surface area contributed by atoms with Crippen LogP contribution in [-0.2, 0) is 15.0 Å². The van der Waals surface area contributed by atoms with Crippen molar-refractivity contribution in [3.63, 3.8) is 0 Å². The number of hydrogen-bond acceptors (Lipinski definition) is 5. The predicted molar refractivity (Wildman–Crippen MR) is 75.3 cm³/mol. The molecule has 0 bridgehead atoms. The fourth-order valence-corrected chi connectivity index (χ4v) is 3.43. The third-order valence-corrected chi connectivity index (χ3v) is 4.87. The summed E-state index contributed by atoms with van der Waals surface area (Å²) < 4.78 is 33.2. The maximum Gasteiger partial charge on any atom is 0.306 e. The van der Waals surface area contributed by atoms with Gasteiger partial charge in [0.15, 0.2) is 0 Å². The Morgan fingerprint density at radius 2 is 2.14 bits per heavy atom. The number of nitrogens with zero attached hydrogens (tertiary/aromatic N) is 2. The molecular formula is C12H17N3O5S. The van der Waals surface area contributed by atoms with Crippen molar-refractivity contribution in [2.24, 2.45) is 5.92 Å². The molecule has 2 heterocycles. The van der Waals surface area contributed by atoms with Crippen molar-refractivity contribution < 1.29 is 23.1 Å². The van der Waals surface area contributed by atoms with Gasteiger partial charge in [0, 0.05) is 19.3 Å². The number of aliphatic carboxylic acids is 1. The summed E-state index contributed by atoms with van der Waals surface area (Å²) in [5, 5.41) is 8.92. The highest BCUT2D eigenvalue weighted by Crippen LogP contribution is 2.24. The minimum Gasteiger partial charge on any atom is -0.481 e. The van der Waals surface area contributed by atoms with E-state index in [0.29, 0.717) is 12.8 Å². The monoisotopic (exact) mass is 315 g/mol. The van der Waals surface area contributed by atoms with Gasteiger partial charge in [0.05, 0.1) is 13.0 Å². The summed E-state index contributed by atoms with van der Waals surface area (Å²) in [5.74, 6) is -1.18. The van der Waals surface area contributed by atoms with Crippen LogP contribution in [0.15, 0.2) is 18.3 Å². The van der Waals surface area contributed by atoms with Gasteiger partial charge in [-0.1, -0.05) is 0 Å². The molecule has 0 unspecified atom stereocenters. The van der Waals surface area contributed by atoms with Gasteiger partial charge in [0.1, 0.15) is 5.69 Å². The van der Waals surface area contributed by atoms with Crippen LogP contribution >= 0.6 is 0 Å². The molecule has 1 saturated heterocycles. The second-order valence-electron chi connectivity index (χ2n) is 4.68. The normalized spacial score (nSPS) is 17.4. The number of pyridine rings is 1. The standard InChI is InChI=1S/C12H17N3O5S/c1-20-11-10(3-2-6-13-11)14-21(18,19)15-7-4-9(5-8-15)12(16)17/h2-3,6,9,14H,4-5,7-8H2,1H3,(H,16,17). The van der Waals surface area contributed by atoms with Gasteiger partial charge in [-0.15, -0.1) is 0 Å². The van der Waals surface area contributed by atoms with Crippen LogP contribution in [0.2, 0.25) is 0 Å². The van der Waals surface area contributed by atoms with Gasteiger partial charge < -0.3 is 9.84 Å². The molecule has 8 nitrogen and oxygen atoms in total. The molecule has 2 rings (SSSR count). The fourth-order valence-electron chi connectivity index (χ4n) is 2.18. The lowest BCUT2D eigenvalue weighted by Crippen LogP contribution is -2.43. The number of ether oxygens (including phenoxy) is 1. The van der Waals surface area contributed by atoms with Crippen LogP contribution in [0.5, 0.6) is 5.88 Å². The summed E-state index contributed by atoms with van der Waals surface area (Å²) in [6, 6.07) is 3.14. The van der Waals surface area contributed by atoms with E-state index in [9.17, 15) is 13.2 Å². The number of carboxylic acid groups (broad SMARTS) is 1. The van der Waals surface area contributed by atoms with Crippen molar-refractivity contribution in [1.82, 2.24) is 9.29 Å². The van der Waals surface area contributed by atoms with Crippen LogP contribution in [-0.4, -0.2) is 49.0 Å². The highest BCUT2D eigenvalue weighted by atomic mass is 32.2. The molecule has 0 radical (unpaired) electrons. The number of methoxy groups -OCH3 is 1. The van der Waals surface area contributed by atoms with Crippen LogP contribution in [0.25, 0.3) is 0 Å². The largest absolute Gasteiger partial charge is 0.481 e. The SMILES string of the molecule is COc1ncccc1NS(=O)(=O)N1CCC(C(=O)O)CC1. The average Bonchev–Trinajstić information content (AvgIpc) is 2.47. The predicted octanol–water partition coefficient (Wildman–Crippen LogP) is 0.543. The number of carbonyl (C=O) groups is 1. The second kappa shape index (κ2) is 6.27. The number of rotatable bonds is 5. The smallest absolute Gasteiger partial charge is 0.306 e. The molecule has 2 N–H and O–H groups in total. The Morgan fingerprint density at radius 3 is 2.71 bits per heavy atom. The average molecular weight is 315 g/mol. The zero-order chi connectivity index (χ0) is 15.5. The molecule has 0 spiro atoms. The Hall–Kier alpha value is -1.87. The molecular weight excluding hydrogens is 298 g/mol. The molecule has 116 valence electrons. The lowest BCUT2D eigenvalue weighted by atomic mass is 9.99. The summed E-state index contributed by atoms with van der Waals surface area (Å²) in [6.07, 6.45) is 2.11. The minimum atomic E-state index is -3.75. The van der Waals surface area contributed by atoms with Crippen LogP contribution in [0, 0.1) is 5.92 Å². The van der Waals surface area contributed by atoms with E-state index in [2.05, 4.69) is 9.71 Å². The first-order valence-corrected chi connectivity index (χ1v) is 7.87. The molecule has 1 aliphatic rings. The van der Waals surface area contributed by atoms with Crippen molar-refractivity contribution in [1.29, 1.82) is 0 Å². The van der Waals surface area contributed by atoms with E-state index in [0.717, 1.165) is 0 Å². The summed E-state index contributed by atoms with van der Waals surface area (Å²) in [5.41, 5.74) is 0.250. The van der Waals surface area contributed by atoms with Gasteiger partial charge in [-0.3, -0.25) is 9.52 Å². The molecule has 1 aromatic heterocycles. The van der Waals surface area contributed by atoms with Crippen molar-refractivity contribution in [3.05, 3.63) is 18.3 Å². The van der Waals surface area contributed by atoms with Crippen molar-refractivity contribution >= 4 is 21.9 Å². The number of carboxylic acids is 1. The zero-order valence-electron chi connectivity index (χ0n) is 11.5. The summed E-state index contributed by atoms with van der Waals surface area (Å²) in [4.78, 5) is 14.8. The van der Waals surface area contributed by atoms with E-state index >= 15 is 0 Å². The van der Waals surface area contributed by atoms with E-state index in [1.807, 2.05) is 0 Å². The third kappa shape index (κ3) is 3.61. The molecule has 0 aliphatic carbocycles. The van der Waals surface area contributed by atoms with E-state index in [1.54, 1.807) is 12.1 Å². The van der Waals surface area contributed by atoms with E-state index in [4.69, 9.17) is 9.84 Å². The second-order valence-corrected chi connectivity index (χ2v) is 6.35. The van der Waals surface area contributed by atoms with Gasteiger partial charge in [-0.05, 0) is 25.0 Å². The molecule has 0 amide bonds. The highest BCUT2D eigenvalue weighted by Gasteiger charge is 2.31. The fraction of sp³-hybridized carbons (Fsp3) is 0.500. The minimum absolute atomic E-state index is 0.175. The first kappa shape index (κ1) is 15.5. The first-order valence-electron chi connectivity index (χ1n) is 6.43. The van der Waals surface area contributed by atoms with Gasteiger partial charge >= 0.3 is 16.2 Å². The summed E-state index contributed by atoms with van der Waals surface area (Å²) in [7, 11) is -2.35. The number of piperidine rings is 1. The maximum absolute atomic E-state index is 12.3. The molecule has 0 aromatic carbocycles. The molecule has 9 heteroatoms. The highest BCUT2D eigenvalue weighted by molar-refractivity contribution is 7.90. The Labute approximate surface area is 122 Å². The van der Waals surface area contributed by atoms with Gasteiger partial charge in [-0.2, -0.15) is 12.7 Å². The molecule has 0 saturated carbocycles. The van der Waals surface area contributed by atoms with Crippen molar-refractivity contribution in [2.45, 2.75) is 12.8 Å². The van der Waals surface area contributed by atoms with Crippen LogP contribution < -0.4 is 9.46 Å². The third-order valence-electron chi connectivity index (χ3n) is 3.35. The Bertz CT molecular complexity index is 611. The molecule has 1 fully saturated rings. The molecule has 1 aromatic rings. The Kier molecular flexibility index (Phi) is 4.63. The zero-order valence-corrected chi connectivity index (χ0v) is 12.3. The molecule has 0 atom stereocenters. The maximum atomic E-state index is 12.3. The first-order chi connectivity index (χ1) is 9.94. The van der Waals surface area contributed by atoms with Gasteiger partial charge in [0.25, 0.3) is 0 Å². The van der Waals surface area contributed by atoms with Crippen LogP contribution in [0.3, 0.4) is 0 Å². The topological polar surface area (TPSA) is 109 Å². The molecule has 21 heavy (non-hydrogen) atoms. The van der Waals surface area contributed by atoms with Gasteiger partial charge in [-0.25, -0.2) is 4.98 Å². The van der Waals surface area contributed by atoms with Crippen molar-refractivity contribution in [3.8, 4) is 5.88 Å². The van der Waals surface area contributed by atoms with Crippen molar-refractivity contribution in [2.75, 3.05) is 24.9 Å². The van der Waals surface area contributed by atoms with E-state index in [-0.39, 0.29) is 24.7 Å². The number of nitrogens with one attached hydrogen (secondary N) is 1. The van der Waals surface area contributed by atoms with E-state index in [1.165, 1.54) is 17.6 Å². The number of hydrogen-bond donors (Lipinski definition) is 2. The quantitative estimate of drug-likeness (QED) is 0.821. The molecule has 1 aliphatic heterocycles. The van der Waals surface area contributed by atoms with E-state index < -0.39 is 22.1 Å². The Morgan fingerprint density at radius 1 is 1.48 bits per heavy atom. The number of aromatic nitrogens is 1.